The molecule has 34 heavy (non-hydrogen) atoms. The minimum atomic E-state index is -1.75. The van der Waals surface area contributed by atoms with Crippen molar-refractivity contribution < 1.29 is 54.7 Å². The van der Waals surface area contributed by atoms with Crippen molar-refractivity contribution in [3.8, 4) is 45.8 Å². The Kier molecular flexibility index (Phi) is 5.69. The van der Waals surface area contributed by atoms with Crippen LogP contribution in [0.15, 0.2) is 27.4 Å². The average molecular weight is 478 g/mol. The molecule has 1 fully saturated rings. The molecular formula is C22H22O12. The van der Waals surface area contributed by atoms with E-state index in [2.05, 4.69) is 0 Å². The molecule has 2 aromatic carbocycles. The third-order valence-corrected chi connectivity index (χ3v) is 5.81. The molecule has 8 N–H and O–H groups in total. The first-order valence-corrected chi connectivity index (χ1v) is 10.0. The number of ether oxygens (including phenoxy) is 2. The third-order valence-electron chi connectivity index (χ3n) is 5.81. The molecule has 0 saturated carbocycles. The van der Waals surface area contributed by atoms with Crippen LogP contribution in [0.3, 0.4) is 0 Å². The van der Waals surface area contributed by atoms with Crippen LogP contribution in [0.25, 0.3) is 22.3 Å². The minimum absolute atomic E-state index is 0.192. The molecule has 0 spiro atoms. The van der Waals surface area contributed by atoms with Gasteiger partial charge in [-0.05, 0) is 19.1 Å². The van der Waals surface area contributed by atoms with E-state index in [-0.39, 0.29) is 22.3 Å². The Morgan fingerprint density at radius 2 is 1.47 bits per heavy atom. The van der Waals surface area contributed by atoms with Crippen molar-refractivity contribution in [3.63, 3.8) is 0 Å². The molecule has 0 aliphatic carbocycles. The Morgan fingerprint density at radius 1 is 0.853 bits per heavy atom. The maximum absolute atomic E-state index is 13.1. The van der Waals surface area contributed by atoms with Crippen LogP contribution in [-0.2, 0) is 4.74 Å². The quantitative estimate of drug-likeness (QED) is 0.242. The first kappa shape index (κ1) is 23.4. The maximum atomic E-state index is 13.1. The number of fused-ring (bicyclic) bond motifs is 1. The van der Waals surface area contributed by atoms with Crippen LogP contribution in [0.1, 0.15) is 18.6 Å². The Hall–Kier alpha value is -3.71. The summed E-state index contributed by atoms with van der Waals surface area (Å²) in [4.78, 5) is 13.1. The fraction of sp³-hybridized carbons (Fsp3) is 0.318. The summed E-state index contributed by atoms with van der Waals surface area (Å²) in [5.74, 6) is -4.64. The van der Waals surface area contributed by atoms with E-state index < -0.39 is 76.0 Å². The normalized spacial score (nSPS) is 24.9. The van der Waals surface area contributed by atoms with Crippen molar-refractivity contribution in [2.45, 2.75) is 37.4 Å². The van der Waals surface area contributed by atoms with E-state index in [9.17, 15) is 45.6 Å². The zero-order chi connectivity index (χ0) is 25.1. The monoisotopic (exact) mass is 478 g/mol. The summed E-state index contributed by atoms with van der Waals surface area (Å²) in [7, 11) is 1.20. The lowest BCUT2D eigenvalue weighted by Gasteiger charge is -2.39. The Morgan fingerprint density at radius 3 is 2.06 bits per heavy atom. The fourth-order valence-corrected chi connectivity index (χ4v) is 3.99. The molecule has 0 unspecified atom stereocenters. The van der Waals surface area contributed by atoms with Crippen LogP contribution in [0, 0.1) is 0 Å². The predicted octanol–water partition coefficient (Wildman–Crippen LogP) is 0.539. The van der Waals surface area contributed by atoms with Crippen molar-refractivity contribution >= 4 is 11.0 Å². The van der Waals surface area contributed by atoms with Gasteiger partial charge >= 0.3 is 0 Å². The molecule has 5 atom stereocenters. The molecule has 1 aliphatic heterocycles. The van der Waals surface area contributed by atoms with E-state index in [1.807, 2.05) is 0 Å². The molecule has 0 bridgehead atoms. The first-order chi connectivity index (χ1) is 16.0. The van der Waals surface area contributed by atoms with E-state index in [1.54, 1.807) is 0 Å². The zero-order valence-electron chi connectivity index (χ0n) is 17.8. The molecule has 2 heterocycles. The summed E-state index contributed by atoms with van der Waals surface area (Å²) >= 11 is 0. The van der Waals surface area contributed by atoms with Gasteiger partial charge in [-0.1, -0.05) is 0 Å². The lowest BCUT2D eigenvalue weighted by atomic mass is 9.90. The highest BCUT2D eigenvalue weighted by atomic mass is 16.5. The van der Waals surface area contributed by atoms with Crippen LogP contribution in [-0.4, -0.2) is 72.4 Å². The van der Waals surface area contributed by atoms with Gasteiger partial charge in [0, 0.05) is 11.6 Å². The highest BCUT2D eigenvalue weighted by molar-refractivity contribution is 5.92. The molecule has 0 radical (unpaired) electrons. The number of phenolic OH excluding ortho intramolecular Hbond substituents is 4. The topological polar surface area (TPSA) is 211 Å². The molecule has 182 valence electrons. The summed E-state index contributed by atoms with van der Waals surface area (Å²) in [6, 6.07) is 2.85. The SMILES string of the molecule is COc1cc(O)c([C@@H]2O[C@@H](C)[C@@H](O)[C@H](O)[C@H]2O)c2oc(-c3cc(O)c(O)c(O)c3)c(O)c(=O)c12. The first-order valence-electron chi connectivity index (χ1n) is 10.0. The number of aliphatic hydroxyl groups excluding tert-OH is 3. The molecule has 4 rings (SSSR count). The van der Waals surface area contributed by atoms with Crippen LogP contribution in [0.5, 0.6) is 34.5 Å². The van der Waals surface area contributed by atoms with Gasteiger partial charge in [-0.3, -0.25) is 4.79 Å². The molecule has 3 aromatic rings. The third kappa shape index (κ3) is 3.44. The van der Waals surface area contributed by atoms with Gasteiger partial charge in [-0.25, -0.2) is 0 Å². The smallest absolute Gasteiger partial charge is 0.238 e. The van der Waals surface area contributed by atoms with E-state index in [0.29, 0.717) is 0 Å². The van der Waals surface area contributed by atoms with Gasteiger partial charge < -0.3 is 54.7 Å². The summed E-state index contributed by atoms with van der Waals surface area (Å²) in [5, 5.41) is 81.0. The second-order valence-corrected chi connectivity index (χ2v) is 7.92. The van der Waals surface area contributed by atoms with Crippen molar-refractivity contribution in [1.29, 1.82) is 0 Å². The zero-order valence-corrected chi connectivity index (χ0v) is 17.8. The highest BCUT2D eigenvalue weighted by Gasteiger charge is 2.45. The summed E-state index contributed by atoms with van der Waals surface area (Å²) in [6.45, 7) is 1.42. The average Bonchev–Trinajstić information content (AvgIpc) is 2.80. The number of phenols is 4. The number of aliphatic hydroxyl groups is 3. The molecule has 1 saturated heterocycles. The van der Waals surface area contributed by atoms with Crippen molar-refractivity contribution in [2.24, 2.45) is 0 Å². The van der Waals surface area contributed by atoms with Gasteiger partial charge in [-0.15, -0.1) is 0 Å². The number of hydrogen-bond donors (Lipinski definition) is 8. The van der Waals surface area contributed by atoms with E-state index in [0.717, 1.165) is 18.2 Å². The Bertz CT molecular complexity index is 1310. The van der Waals surface area contributed by atoms with E-state index in [4.69, 9.17) is 13.9 Å². The molecular weight excluding hydrogens is 456 g/mol. The van der Waals surface area contributed by atoms with E-state index >= 15 is 0 Å². The van der Waals surface area contributed by atoms with E-state index in [1.165, 1.54) is 14.0 Å². The van der Waals surface area contributed by atoms with Gasteiger partial charge in [0.05, 0.1) is 18.8 Å². The van der Waals surface area contributed by atoms with Crippen molar-refractivity contribution in [2.75, 3.05) is 7.11 Å². The summed E-state index contributed by atoms with van der Waals surface area (Å²) in [5.41, 5.74) is -1.93. The second-order valence-electron chi connectivity index (χ2n) is 7.92. The minimum Gasteiger partial charge on any atom is -0.507 e. The molecule has 12 heteroatoms. The van der Waals surface area contributed by atoms with Gasteiger partial charge in [0.25, 0.3) is 0 Å². The lowest BCUT2D eigenvalue weighted by Crippen LogP contribution is -2.53. The highest BCUT2D eigenvalue weighted by Crippen LogP contribution is 2.46. The predicted molar refractivity (Wildman–Crippen MR) is 114 cm³/mol. The largest absolute Gasteiger partial charge is 0.507 e. The summed E-state index contributed by atoms with van der Waals surface area (Å²) in [6.07, 6.45) is -7.33. The number of rotatable bonds is 3. The van der Waals surface area contributed by atoms with Gasteiger partial charge in [-0.2, -0.15) is 0 Å². The van der Waals surface area contributed by atoms with Crippen LogP contribution in [0.4, 0.5) is 0 Å². The standard InChI is InChI=1S/C22H22O12/c1-6-14(26)17(29)19(31)22(33-6)12-8(23)5-11(32-2)13-16(28)18(30)20(34-21(12)13)7-3-9(24)15(27)10(25)4-7/h3-6,14,17,19,22-27,29-31H,1-2H3/t6-,14+,17-,19+,22-/m0/s1. The number of benzene rings is 2. The van der Waals surface area contributed by atoms with Gasteiger partial charge in [0.2, 0.25) is 11.2 Å². The molecule has 1 aliphatic rings. The Balaban J connectivity index is 2.07. The van der Waals surface area contributed by atoms with Crippen LogP contribution < -0.4 is 10.2 Å². The van der Waals surface area contributed by atoms with Crippen LogP contribution in [0.2, 0.25) is 0 Å². The summed E-state index contributed by atoms with van der Waals surface area (Å²) < 4.78 is 16.5. The van der Waals surface area contributed by atoms with Crippen LogP contribution >= 0.6 is 0 Å². The number of methoxy groups -OCH3 is 1. The maximum Gasteiger partial charge on any atom is 0.238 e. The molecule has 0 amide bonds. The number of aromatic hydroxyl groups is 5. The number of hydrogen-bond acceptors (Lipinski definition) is 12. The van der Waals surface area contributed by atoms with Gasteiger partial charge in [0.15, 0.2) is 28.6 Å². The van der Waals surface area contributed by atoms with Gasteiger partial charge in [0.1, 0.15) is 41.3 Å². The molecule has 1 aromatic heterocycles. The fourth-order valence-electron chi connectivity index (χ4n) is 3.99. The molecule has 12 nitrogen and oxygen atoms in total. The second kappa shape index (κ2) is 8.25. The van der Waals surface area contributed by atoms with Crippen molar-refractivity contribution in [3.05, 3.63) is 34.0 Å². The van der Waals surface area contributed by atoms with Crippen molar-refractivity contribution in [1.82, 2.24) is 0 Å². The lowest BCUT2D eigenvalue weighted by molar-refractivity contribution is -0.219. The Labute approximate surface area is 190 Å².